The lowest BCUT2D eigenvalue weighted by atomic mass is 10.0. The zero-order chi connectivity index (χ0) is 13.8. The van der Waals surface area contributed by atoms with E-state index in [4.69, 9.17) is 0 Å². The number of thiophene rings is 1. The highest BCUT2D eigenvalue weighted by atomic mass is 32.1. The quantitative estimate of drug-likeness (QED) is 0.806. The van der Waals surface area contributed by atoms with E-state index >= 15 is 0 Å². The second-order valence-corrected chi connectivity index (χ2v) is 5.67. The first-order valence-corrected chi connectivity index (χ1v) is 7.62. The summed E-state index contributed by atoms with van der Waals surface area (Å²) < 4.78 is 0. The molecular weight excluding hydrogens is 270 g/mol. The highest BCUT2D eigenvalue weighted by Crippen LogP contribution is 2.21. The van der Waals surface area contributed by atoms with Crippen LogP contribution in [0.25, 0.3) is 0 Å². The summed E-state index contributed by atoms with van der Waals surface area (Å²) in [5.41, 5.74) is 8.61. The molecule has 0 spiro atoms. The van der Waals surface area contributed by atoms with E-state index in [1.165, 1.54) is 5.56 Å². The molecule has 20 heavy (non-hydrogen) atoms. The second kappa shape index (κ2) is 6.17. The van der Waals surface area contributed by atoms with Gasteiger partial charge in [-0.05, 0) is 34.4 Å². The number of amides is 1. The smallest absolute Gasteiger partial charge is 0.238 e. The fourth-order valence-corrected chi connectivity index (χ4v) is 3.01. The first kappa shape index (κ1) is 13.3. The van der Waals surface area contributed by atoms with Crippen molar-refractivity contribution in [3.63, 3.8) is 0 Å². The van der Waals surface area contributed by atoms with Crippen LogP contribution in [0, 0.1) is 0 Å². The van der Waals surface area contributed by atoms with Crippen LogP contribution in [0.3, 0.4) is 0 Å². The molecule has 1 aliphatic rings. The van der Waals surface area contributed by atoms with Crippen LogP contribution in [0.2, 0.25) is 0 Å². The Hall–Kier alpha value is -1.69. The van der Waals surface area contributed by atoms with Crippen molar-refractivity contribution in [1.29, 1.82) is 0 Å². The van der Waals surface area contributed by atoms with E-state index in [1.54, 1.807) is 11.3 Å². The van der Waals surface area contributed by atoms with E-state index in [9.17, 15) is 4.79 Å². The third kappa shape index (κ3) is 3.07. The average molecular weight is 287 g/mol. The van der Waals surface area contributed by atoms with E-state index in [-0.39, 0.29) is 18.0 Å². The number of benzene rings is 1. The Morgan fingerprint density at radius 3 is 2.85 bits per heavy atom. The molecule has 3 N–H and O–H groups in total. The van der Waals surface area contributed by atoms with Gasteiger partial charge >= 0.3 is 0 Å². The first-order valence-electron chi connectivity index (χ1n) is 6.68. The molecule has 0 saturated carbocycles. The summed E-state index contributed by atoms with van der Waals surface area (Å²) in [6.07, 6.45) is 0.763. The number of hydrogen-bond donors (Lipinski definition) is 3. The average Bonchev–Trinajstić information content (AvgIpc) is 3.17. The molecule has 2 aromatic rings. The molecule has 104 valence electrons. The number of nitrogens with one attached hydrogen (secondary N) is 3. The zero-order valence-electron chi connectivity index (χ0n) is 11.0. The number of carbonyl (C=O) groups is 1. The van der Waals surface area contributed by atoms with Crippen LogP contribution in [0.5, 0.6) is 0 Å². The normalized spacial score (nSPS) is 21.8. The standard InChI is InChI=1S/C15H17N3OS/c19-15(16-9-11-6-7-20-10-11)14-8-13(17-18-14)12-4-2-1-3-5-12/h1-7,10,13-14,17-18H,8-9H2,(H,16,19). The topological polar surface area (TPSA) is 53.2 Å². The fourth-order valence-electron chi connectivity index (χ4n) is 2.34. The minimum absolute atomic E-state index is 0.0436. The molecule has 2 atom stereocenters. The predicted molar refractivity (Wildman–Crippen MR) is 80.0 cm³/mol. The van der Waals surface area contributed by atoms with Gasteiger partial charge in [0.15, 0.2) is 0 Å². The van der Waals surface area contributed by atoms with E-state index in [2.05, 4.69) is 28.3 Å². The fraction of sp³-hybridized carbons (Fsp3) is 0.267. The van der Waals surface area contributed by atoms with Crippen molar-refractivity contribution >= 4 is 17.2 Å². The van der Waals surface area contributed by atoms with Gasteiger partial charge < -0.3 is 5.32 Å². The van der Waals surface area contributed by atoms with Crippen molar-refractivity contribution < 1.29 is 4.79 Å². The van der Waals surface area contributed by atoms with Gasteiger partial charge in [-0.3, -0.25) is 4.79 Å². The van der Waals surface area contributed by atoms with Crippen molar-refractivity contribution in [2.75, 3.05) is 0 Å². The van der Waals surface area contributed by atoms with Gasteiger partial charge in [0.05, 0.1) is 0 Å². The minimum atomic E-state index is -0.182. The van der Waals surface area contributed by atoms with Crippen LogP contribution in [0.15, 0.2) is 47.2 Å². The molecule has 0 radical (unpaired) electrons. The molecule has 1 aromatic heterocycles. The Bertz CT molecular complexity index is 556. The molecule has 5 heteroatoms. The van der Waals surface area contributed by atoms with Crippen LogP contribution >= 0.6 is 11.3 Å². The van der Waals surface area contributed by atoms with Crippen LogP contribution in [0.4, 0.5) is 0 Å². The van der Waals surface area contributed by atoms with Gasteiger partial charge in [0.25, 0.3) is 0 Å². The van der Waals surface area contributed by atoms with E-state index in [0.717, 1.165) is 12.0 Å². The van der Waals surface area contributed by atoms with Gasteiger partial charge in [-0.25, -0.2) is 10.9 Å². The van der Waals surface area contributed by atoms with Gasteiger partial charge in [0.1, 0.15) is 6.04 Å². The first-order chi connectivity index (χ1) is 9.83. The van der Waals surface area contributed by atoms with Crippen molar-refractivity contribution in [2.45, 2.75) is 25.0 Å². The summed E-state index contributed by atoms with van der Waals surface area (Å²) in [5.74, 6) is 0.0436. The lowest BCUT2D eigenvalue weighted by Gasteiger charge is -2.10. The van der Waals surface area contributed by atoms with Gasteiger partial charge in [0.2, 0.25) is 5.91 Å². The van der Waals surface area contributed by atoms with Crippen LogP contribution in [-0.4, -0.2) is 11.9 Å². The largest absolute Gasteiger partial charge is 0.351 e. The Morgan fingerprint density at radius 1 is 1.25 bits per heavy atom. The van der Waals surface area contributed by atoms with Crippen molar-refractivity contribution in [3.05, 3.63) is 58.3 Å². The third-order valence-corrected chi connectivity index (χ3v) is 4.20. The maximum Gasteiger partial charge on any atom is 0.238 e. The number of hydrazine groups is 1. The monoisotopic (exact) mass is 287 g/mol. The van der Waals surface area contributed by atoms with Crippen LogP contribution in [-0.2, 0) is 11.3 Å². The molecule has 3 rings (SSSR count). The van der Waals surface area contributed by atoms with Gasteiger partial charge in [-0.15, -0.1) is 0 Å². The molecule has 1 aliphatic heterocycles. The molecule has 0 bridgehead atoms. The Morgan fingerprint density at radius 2 is 2.10 bits per heavy atom. The highest BCUT2D eigenvalue weighted by molar-refractivity contribution is 7.07. The molecule has 1 aromatic carbocycles. The van der Waals surface area contributed by atoms with Crippen molar-refractivity contribution in [3.8, 4) is 0 Å². The van der Waals surface area contributed by atoms with Gasteiger partial charge in [-0.1, -0.05) is 30.3 Å². The predicted octanol–water partition coefficient (Wildman–Crippen LogP) is 1.97. The SMILES string of the molecule is O=C(NCc1ccsc1)C1CC(c2ccccc2)NN1. The number of rotatable bonds is 4. The van der Waals surface area contributed by atoms with Crippen molar-refractivity contribution in [1.82, 2.24) is 16.2 Å². The third-order valence-electron chi connectivity index (χ3n) is 3.47. The highest BCUT2D eigenvalue weighted by Gasteiger charge is 2.29. The molecular formula is C15H17N3OS. The summed E-state index contributed by atoms with van der Waals surface area (Å²) in [4.78, 5) is 12.1. The lowest BCUT2D eigenvalue weighted by Crippen LogP contribution is -2.42. The van der Waals surface area contributed by atoms with E-state index in [0.29, 0.717) is 6.54 Å². The Kier molecular flexibility index (Phi) is 4.11. The Labute approximate surface area is 122 Å². The molecule has 1 amide bonds. The van der Waals surface area contributed by atoms with Crippen molar-refractivity contribution in [2.24, 2.45) is 0 Å². The molecule has 4 nitrogen and oxygen atoms in total. The van der Waals surface area contributed by atoms with E-state index < -0.39 is 0 Å². The second-order valence-electron chi connectivity index (χ2n) is 4.89. The maximum atomic E-state index is 12.1. The molecule has 2 unspecified atom stereocenters. The zero-order valence-corrected chi connectivity index (χ0v) is 11.8. The summed E-state index contributed by atoms with van der Waals surface area (Å²) in [7, 11) is 0. The minimum Gasteiger partial charge on any atom is -0.351 e. The van der Waals surface area contributed by atoms with Crippen LogP contribution in [0.1, 0.15) is 23.6 Å². The maximum absolute atomic E-state index is 12.1. The summed E-state index contributed by atoms with van der Waals surface area (Å²) in [6, 6.07) is 12.2. The Balaban J connectivity index is 1.53. The van der Waals surface area contributed by atoms with E-state index in [1.807, 2.05) is 35.0 Å². The molecule has 1 fully saturated rings. The molecule has 0 aliphatic carbocycles. The lowest BCUT2D eigenvalue weighted by molar-refractivity contribution is -0.123. The number of hydrogen-bond acceptors (Lipinski definition) is 4. The molecule has 1 saturated heterocycles. The summed E-state index contributed by atoms with van der Waals surface area (Å²) in [6.45, 7) is 0.594. The molecule has 2 heterocycles. The van der Waals surface area contributed by atoms with Gasteiger partial charge in [0, 0.05) is 12.6 Å². The summed E-state index contributed by atoms with van der Waals surface area (Å²) in [5, 5.41) is 7.03. The number of carbonyl (C=O) groups excluding carboxylic acids is 1. The summed E-state index contributed by atoms with van der Waals surface area (Å²) >= 11 is 1.64. The van der Waals surface area contributed by atoms with Gasteiger partial charge in [-0.2, -0.15) is 11.3 Å². The van der Waals surface area contributed by atoms with Crippen LogP contribution < -0.4 is 16.2 Å².